The van der Waals surface area contributed by atoms with Crippen LogP contribution < -0.4 is 5.32 Å². The molecule has 2 heterocycles. The van der Waals surface area contributed by atoms with E-state index in [1.54, 1.807) is 0 Å². The maximum absolute atomic E-state index is 4.91. The fraction of sp³-hybridized carbons (Fsp3) is 0.722. The molecule has 0 amide bonds. The summed E-state index contributed by atoms with van der Waals surface area (Å²) in [5.74, 6) is 1.76. The quantitative estimate of drug-likeness (QED) is 0.381. The van der Waals surface area contributed by atoms with Crippen molar-refractivity contribution in [3.05, 3.63) is 22.4 Å². The molecule has 1 aromatic rings. The highest BCUT2D eigenvalue weighted by molar-refractivity contribution is 14.0. The number of nitrogens with one attached hydrogen (secondary N) is 1. The highest BCUT2D eigenvalue weighted by Gasteiger charge is 2.18. The summed E-state index contributed by atoms with van der Waals surface area (Å²) >= 11 is 1.84. The zero-order valence-corrected chi connectivity index (χ0v) is 18.5. The molecule has 1 N–H and O–H groups in total. The van der Waals surface area contributed by atoms with Crippen molar-refractivity contribution < 1.29 is 0 Å². The Morgan fingerprint density at radius 3 is 2.96 bits per heavy atom. The standard InChI is InChI=1S/C18H32N4S.HI/c1-4-19-18(21(3)12-10-17-9-7-13-23-17)20-14-16-8-6-11-22(5-2)15-16;/h7,9,13,16H,4-6,8,10-12,14-15H2,1-3H3,(H,19,20);1H. The predicted octanol–water partition coefficient (Wildman–Crippen LogP) is 3.54. The number of piperidine rings is 1. The molecule has 6 heteroatoms. The van der Waals surface area contributed by atoms with Crippen molar-refractivity contribution in [3.8, 4) is 0 Å². The molecule has 0 aromatic carbocycles. The molecule has 0 aliphatic carbocycles. The molecule has 1 saturated heterocycles. The van der Waals surface area contributed by atoms with Gasteiger partial charge < -0.3 is 15.1 Å². The van der Waals surface area contributed by atoms with E-state index in [2.05, 4.69) is 53.5 Å². The van der Waals surface area contributed by atoms with Crippen LogP contribution in [0.4, 0.5) is 0 Å². The molecule has 1 unspecified atom stereocenters. The van der Waals surface area contributed by atoms with Crippen molar-refractivity contribution in [2.45, 2.75) is 33.1 Å². The monoisotopic (exact) mass is 464 g/mol. The Morgan fingerprint density at radius 2 is 2.29 bits per heavy atom. The summed E-state index contributed by atoms with van der Waals surface area (Å²) in [7, 11) is 2.15. The normalized spacial score (nSPS) is 19.0. The lowest BCUT2D eigenvalue weighted by molar-refractivity contribution is 0.186. The van der Waals surface area contributed by atoms with Crippen LogP contribution in [0.5, 0.6) is 0 Å². The fourth-order valence-corrected chi connectivity index (χ4v) is 3.81. The molecule has 1 aliphatic heterocycles. The number of halogens is 1. The van der Waals surface area contributed by atoms with Crippen molar-refractivity contribution in [3.63, 3.8) is 0 Å². The van der Waals surface area contributed by atoms with Gasteiger partial charge in [-0.25, -0.2) is 0 Å². The molecule has 0 spiro atoms. The zero-order chi connectivity index (χ0) is 16.5. The second kappa shape index (κ2) is 12.1. The maximum atomic E-state index is 4.91. The summed E-state index contributed by atoms with van der Waals surface area (Å²) in [6, 6.07) is 4.34. The first-order valence-corrected chi connectivity index (χ1v) is 9.85. The fourth-order valence-electron chi connectivity index (χ4n) is 3.11. The van der Waals surface area contributed by atoms with Crippen molar-refractivity contribution in [1.82, 2.24) is 15.1 Å². The molecule has 24 heavy (non-hydrogen) atoms. The van der Waals surface area contributed by atoms with E-state index in [1.807, 2.05) is 11.3 Å². The first-order chi connectivity index (χ1) is 11.2. The number of hydrogen-bond donors (Lipinski definition) is 1. The van der Waals surface area contributed by atoms with Gasteiger partial charge in [0.2, 0.25) is 0 Å². The van der Waals surface area contributed by atoms with Crippen LogP contribution in [0.1, 0.15) is 31.6 Å². The number of likely N-dealkylation sites (tertiary alicyclic amines) is 1. The van der Waals surface area contributed by atoms with E-state index in [4.69, 9.17) is 4.99 Å². The number of rotatable bonds is 7. The van der Waals surface area contributed by atoms with Gasteiger partial charge >= 0.3 is 0 Å². The van der Waals surface area contributed by atoms with Crippen LogP contribution in [-0.2, 0) is 6.42 Å². The minimum absolute atomic E-state index is 0. The zero-order valence-electron chi connectivity index (χ0n) is 15.3. The van der Waals surface area contributed by atoms with Gasteiger partial charge in [-0.1, -0.05) is 13.0 Å². The van der Waals surface area contributed by atoms with Gasteiger partial charge in [0.1, 0.15) is 0 Å². The first-order valence-electron chi connectivity index (χ1n) is 8.97. The molecule has 0 bridgehead atoms. The van der Waals surface area contributed by atoms with E-state index in [-0.39, 0.29) is 24.0 Å². The summed E-state index contributed by atoms with van der Waals surface area (Å²) in [5.41, 5.74) is 0. The summed E-state index contributed by atoms with van der Waals surface area (Å²) in [6.45, 7) is 10.9. The molecule has 1 aliphatic rings. The largest absolute Gasteiger partial charge is 0.357 e. The van der Waals surface area contributed by atoms with Gasteiger partial charge in [-0.05, 0) is 56.6 Å². The minimum atomic E-state index is 0. The Balaban J connectivity index is 0.00000288. The lowest BCUT2D eigenvalue weighted by Gasteiger charge is -2.31. The Kier molecular flexibility index (Phi) is 10.9. The Morgan fingerprint density at radius 1 is 1.46 bits per heavy atom. The van der Waals surface area contributed by atoms with E-state index >= 15 is 0 Å². The molecule has 1 atom stereocenters. The third-order valence-electron chi connectivity index (χ3n) is 4.52. The lowest BCUT2D eigenvalue weighted by Crippen LogP contribution is -2.41. The molecular weight excluding hydrogens is 431 g/mol. The van der Waals surface area contributed by atoms with E-state index in [0.717, 1.165) is 32.0 Å². The topological polar surface area (TPSA) is 30.9 Å². The summed E-state index contributed by atoms with van der Waals surface area (Å²) in [4.78, 5) is 11.2. The van der Waals surface area contributed by atoms with E-state index < -0.39 is 0 Å². The third-order valence-corrected chi connectivity index (χ3v) is 5.46. The number of nitrogens with zero attached hydrogens (tertiary/aromatic N) is 3. The van der Waals surface area contributed by atoms with E-state index in [1.165, 1.54) is 37.4 Å². The van der Waals surface area contributed by atoms with Crippen LogP contribution >= 0.6 is 35.3 Å². The van der Waals surface area contributed by atoms with Crippen LogP contribution in [0, 0.1) is 5.92 Å². The van der Waals surface area contributed by atoms with E-state index in [0.29, 0.717) is 5.92 Å². The van der Waals surface area contributed by atoms with Crippen LogP contribution in [0.25, 0.3) is 0 Å². The van der Waals surface area contributed by atoms with Gasteiger partial charge in [-0.3, -0.25) is 4.99 Å². The lowest BCUT2D eigenvalue weighted by atomic mass is 9.98. The molecule has 138 valence electrons. The van der Waals surface area contributed by atoms with Crippen molar-refractivity contribution in [2.24, 2.45) is 10.9 Å². The van der Waals surface area contributed by atoms with Gasteiger partial charge in [0.15, 0.2) is 5.96 Å². The van der Waals surface area contributed by atoms with Crippen molar-refractivity contribution >= 4 is 41.3 Å². The predicted molar refractivity (Wildman–Crippen MR) is 117 cm³/mol. The highest BCUT2D eigenvalue weighted by Crippen LogP contribution is 2.16. The number of thiophene rings is 1. The van der Waals surface area contributed by atoms with Crippen LogP contribution in [0.15, 0.2) is 22.5 Å². The molecule has 2 rings (SSSR count). The second-order valence-electron chi connectivity index (χ2n) is 6.35. The van der Waals surface area contributed by atoms with Crippen LogP contribution in [0.3, 0.4) is 0 Å². The smallest absolute Gasteiger partial charge is 0.193 e. The molecule has 0 radical (unpaired) electrons. The third kappa shape index (κ3) is 7.27. The summed E-state index contributed by atoms with van der Waals surface area (Å²) in [5, 5.41) is 5.59. The van der Waals surface area contributed by atoms with Crippen molar-refractivity contribution in [1.29, 1.82) is 0 Å². The second-order valence-corrected chi connectivity index (χ2v) is 7.38. The van der Waals surface area contributed by atoms with Gasteiger partial charge in [0.25, 0.3) is 0 Å². The van der Waals surface area contributed by atoms with Gasteiger partial charge in [0.05, 0.1) is 0 Å². The SMILES string of the molecule is CCNC(=NCC1CCCN(CC)C1)N(C)CCc1cccs1.I. The Bertz CT molecular complexity index is 464. The Labute approximate surface area is 168 Å². The van der Waals surface area contributed by atoms with Crippen LogP contribution in [0.2, 0.25) is 0 Å². The maximum Gasteiger partial charge on any atom is 0.193 e. The summed E-state index contributed by atoms with van der Waals surface area (Å²) < 4.78 is 0. The first kappa shape index (κ1) is 21.7. The van der Waals surface area contributed by atoms with Crippen molar-refractivity contribution in [2.75, 3.05) is 46.3 Å². The number of hydrogen-bond acceptors (Lipinski definition) is 3. The average molecular weight is 464 g/mol. The van der Waals surface area contributed by atoms with Crippen LogP contribution in [-0.4, -0.2) is 62.1 Å². The molecule has 0 saturated carbocycles. The van der Waals surface area contributed by atoms with E-state index in [9.17, 15) is 0 Å². The minimum Gasteiger partial charge on any atom is -0.357 e. The number of likely N-dealkylation sites (N-methyl/N-ethyl adjacent to an activating group) is 1. The van der Waals surface area contributed by atoms with Gasteiger partial charge in [0, 0.05) is 38.1 Å². The Hall–Kier alpha value is -0.340. The van der Waals surface area contributed by atoms with Gasteiger partial charge in [-0.15, -0.1) is 35.3 Å². The van der Waals surface area contributed by atoms with Gasteiger partial charge in [-0.2, -0.15) is 0 Å². The molecular formula is C18H33IN4S. The number of aliphatic imine (C=N–C) groups is 1. The average Bonchev–Trinajstić information content (AvgIpc) is 3.10. The molecule has 1 aromatic heterocycles. The number of guanidine groups is 1. The molecule has 4 nitrogen and oxygen atoms in total. The summed E-state index contributed by atoms with van der Waals surface area (Å²) in [6.07, 6.45) is 3.72. The molecule has 1 fully saturated rings. The highest BCUT2D eigenvalue weighted by atomic mass is 127.